The molecule has 1 fully saturated rings. The molecule has 1 aromatic rings. The third kappa shape index (κ3) is 1.96. The standard InChI is InChI=1S/C9H12BrNOS/c1-6-2-7(10)8(13-6)3-9(12)4-11-5-9/h2,11-12H,3-5H2,1H3. The zero-order valence-electron chi connectivity index (χ0n) is 7.43. The number of aliphatic hydroxyl groups is 1. The van der Waals surface area contributed by atoms with Crippen LogP contribution in [0, 0.1) is 6.92 Å². The first-order valence-electron chi connectivity index (χ1n) is 4.27. The molecule has 2 heterocycles. The smallest absolute Gasteiger partial charge is 0.0943 e. The van der Waals surface area contributed by atoms with E-state index in [1.54, 1.807) is 11.3 Å². The van der Waals surface area contributed by atoms with Crippen molar-refractivity contribution in [2.24, 2.45) is 0 Å². The molecule has 4 heteroatoms. The van der Waals surface area contributed by atoms with E-state index in [2.05, 4.69) is 34.2 Å². The lowest BCUT2D eigenvalue weighted by Crippen LogP contribution is -2.60. The van der Waals surface area contributed by atoms with Gasteiger partial charge in [-0.2, -0.15) is 0 Å². The lowest BCUT2D eigenvalue weighted by molar-refractivity contribution is -0.00845. The fourth-order valence-corrected chi connectivity index (χ4v) is 3.43. The van der Waals surface area contributed by atoms with Gasteiger partial charge in [-0.3, -0.25) is 0 Å². The van der Waals surface area contributed by atoms with Gasteiger partial charge in [-0.15, -0.1) is 11.3 Å². The average molecular weight is 262 g/mol. The fourth-order valence-electron chi connectivity index (χ4n) is 1.49. The first-order chi connectivity index (χ1) is 6.09. The number of nitrogens with one attached hydrogen (secondary N) is 1. The Kier molecular flexibility index (Phi) is 2.49. The summed E-state index contributed by atoms with van der Waals surface area (Å²) in [5.74, 6) is 0. The van der Waals surface area contributed by atoms with Gasteiger partial charge in [0, 0.05) is 33.7 Å². The highest BCUT2D eigenvalue weighted by Crippen LogP contribution is 2.31. The van der Waals surface area contributed by atoms with E-state index in [0.29, 0.717) is 0 Å². The Bertz CT molecular complexity index is 319. The van der Waals surface area contributed by atoms with Crippen LogP contribution in [0.15, 0.2) is 10.5 Å². The van der Waals surface area contributed by atoms with E-state index in [0.717, 1.165) is 24.0 Å². The largest absolute Gasteiger partial charge is 0.387 e. The molecule has 0 atom stereocenters. The molecule has 2 nitrogen and oxygen atoms in total. The minimum Gasteiger partial charge on any atom is -0.387 e. The Morgan fingerprint density at radius 1 is 1.69 bits per heavy atom. The van der Waals surface area contributed by atoms with E-state index >= 15 is 0 Å². The van der Waals surface area contributed by atoms with Gasteiger partial charge in [0.1, 0.15) is 0 Å². The molecule has 0 aromatic carbocycles. The number of β-amino-alcohol motifs (C(OH)–C–C–N with tert-alkyl or cyclic N) is 1. The molecule has 1 aliphatic heterocycles. The number of hydrogen-bond donors (Lipinski definition) is 2. The number of aryl methyl sites for hydroxylation is 1. The Labute approximate surface area is 90.1 Å². The molecule has 1 aliphatic rings. The van der Waals surface area contributed by atoms with Crippen molar-refractivity contribution in [1.29, 1.82) is 0 Å². The van der Waals surface area contributed by atoms with Gasteiger partial charge in [0.25, 0.3) is 0 Å². The van der Waals surface area contributed by atoms with Crippen LogP contribution in [0.1, 0.15) is 9.75 Å². The molecule has 0 spiro atoms. The zero-order valence-corrected chi connectivity index (χ0v) is 9.83. The summed E-state index contributed by atoms with van der Waals surface area (Å²) < 4.78 is 1.13. The van der Waals surface area contributed by atoms with Gasteiger partial charge < -0.3 is 10.4 Å². The van der Waals surface area contributed by atoms with Crippen LogP contribution in [-0.2, 0) is 6.42 Å². The molecule has 0 amide bonds. The number of halogens is 1. The SMILES string of the molecule is Cc1cc(Br)c(CC2(O)CNC2)s1. The number of rotatable bonds is 2. The predicted octanol–water partition coefficient (Wildman–Crippen LogP) is 1.70. The predicted molar refractivity (Wildman–Crippen MR) is 58.3 cm³/mol. The van der Waals surface area contributed by atoms with Gasteiger partial charge in [-0.25, -0.2) is 0 Å². The number of thiophene rings is 1. The molecular formula is C9H12BrNOS. The summed E-state index contributed by atoms with van der Waals surface area (Å²) in [5.41, 5.74) is -0.500. The maximum atomic E-state index is 9.92. The average Bonchev–Trinajstić information content (AvgIpc) is 2.27. The summed E-state index contributed by atoms with van der Waals surface area (Å²) in [6, 6.07) is 2.11. The molecule has 13 heavy (non-hydrogen) atoms. The lowest BCUT2D eigenvalue weighted by Gasteiger charge is -2.37. The van der Waals surface area contributed by atoms with Crippen molar-refractivity contribution in [2.75, 3.05) is 13.1 Å². The summed E-state index contributed by atoms with van der Waals surface area (Å²) in [5, 5.41) is 13.0. The maximum Gasteiger partial charge on any atom is 0.0943 e. The van der Waals surface area contributed by atoms with E-state index in [4.69, 9.17) is 0 Å². The van der Waals surface area contributed by atoms with E-state index in [1.165, 1.54) is 9.75 Å². The van der Waals surface area contributed by atoms with Crippen LogP contribution in [0.2, 0.25) is 0 Å². The van der Waals surface area contributed by atoms with Crippen molar-refractivity contribution >= 4 is 27.3 Å². The van der Waals surface area contributed by atoms with E-state index in [9.17, 15) is 5.11 Å². The number of hydrogen-bond acceptors (Lipinski definition) is 3. The van der Waals surface area contributed by atoms with Gasteiger partial charge in [0.05, 0.1) is 5.60 Å². The summed E-state index contributed by atoms with van der Waals surface area (Å²) in [4.78, 5) is 2.54. The minimum absolute atomic E-state index is 0.500. The van der Waals surface area contributed by atoms with Crippen LogP contribution in [0.3, 0.4) is 0 Å². The second kappa shape index (κ2) is 3.35. The van der Waals surface area contributed by atoms with Gasteiger partial charge in [-0.1, -0.05) is 0 Å². The van der Waals surface area contributed by atoms with Crippen molar-refractivity contribution in [3.05, 3.63) is 20.3 Å². The molecule has 2 N–H and O–H groups in total. The van der Waals surface area contributed by atoms with Gasteiger partial charge in [0.15, 0.2) is 0 Å². The Morgan fingerprint density at radius 3 is 2.77 bits per heavy atom. The van der Waals surface area contributed by atoms with Gasteiger partial charge >= 0.3 is 0 Å². The molecular weight excluding hydrogens is 250 g/mol. The van der Waals surface area contributed by atoms with Crippen LogP contribution >= 0.6 is 27.3 Å². The van der Waals surface area contributed by atoms with Crippen molar-refractivity contribution < 1.29 is 5.11 Å². The second-order valence-corrected chi connectivity index (χ2v) is 5.83. The Hall–Kier alpha value is 0.1000. The molecule has 2 rings (SSSR count). The highest BCUT2D eigenvalue weighted by Gasteiger charge is 2.35. The topological polar surface area (TPSA) is 32.3 Å². The first-order valence-corrected chi connectivity index (χ1v) is 5.88. The third-order valence-corrected chi connectivity index (χ3v) is 4.30. The Morgan fingerprint density at radius 2 is 2.38 bits per heavy atom. The normalized spacial score (nSPS) is 19.9. The summed E-state index contributed by atoms with van der Waals surface area (Å²) in [6.45, 7) is 3.52. The molecule has 0 radical (unpaired) electrons. The molecule has 0 saturated carbocycles. The Balaban J connectivity index is 2.12. The van der Waals surface area contributed by atoms with Crippen LogP contribution in [0.25, 0.3) is 0 Å². The lowest BCUT2D eigenvalue weighted by atomic mass is 9.92. The van der Waals surface area contributed by atoms with E-state index in [1.807, 2.05) is 0 Å². The van der Waals surface area contributed by atoms with Crippen LogP contribution < -0.4 is 5.32 Å². The molecule has 0 bridgehead atoms. The van der Waals surface area contributed by atoms with Crippen LogP contribution in [0.5, 0.6) is 0 Å². The van der Waals surface area contributed by atoms with E-state index in [-0.39, 0.29) is 0 Å². The monoisotopic (exact) mass is 261 g/mol. The minimum atomic E-state index is -0.500. The summed E-state index contributed by atoms with van der Waals surface area (Å²) in [7, 11) is 0. The van der Waals surface area contributed by atoms with Crippen molar-refractivity contribution in [3.63, 3.8) is 0 Å². The van der Waals surface area contributed by atoms with Gasteiger partial charge in [0.2, 0.25) is 0 Å². The van der Waals surface area contributed by atoms with E-state index < -0.39 is 5.60 Å². The third-order valence-electron chi connectivity index (χ3n) is 2.28. The molecule has 0 aliphatic carbocycles. The van der Waals surface area contributed by atoms with Crippen molar-refractivity contribution in [3.8, 4) is 0 Å². The second-order valence-electron chi connectivity index (χ2n) is 3.63. The highest BCUT2D eigenvalue weighted by atomic mass is 79.9. The highest BCUT2D eigenvalue weighted by molar-refractivity contribution is 9.10. The fraction of sp³-hybridized carbons (Fsp3) is 0.556. The molecule has 1 aromatic heterocycles. The quantitative estimate of drug-likeness (QED) is 0.850. The van der Waals surface area contributed by atoms with Crippen molar-refractivity contribution in [1.82, 2.24) is 5.32 Å². The molecule has 72 valence electrons. The first kappa shape index (κ1) is 9.65. The molecule has 0 unspecified atom stereocenters. The molecule has 1 saturated heterocycles. The van der Waals surface area contributed by atoms with Gasteiger partial charge in [-0.05, 0) is 28.9 Å². The van der Waals surface area contributed by atoms with Crippen LogP contribution in [0.4, 0.5) is 0 Å². The van der Waals surface area contributed by atoms with Crippen LogP contribution in [-0.4, -0.2) is 23.8 Å². The maximum absolute atomic E-state index is 9.92. The summed E-state index contributed by atoms with van der Waals surface area (Å²) >= 11 is 5.26. The summed E-state index contributed by atoms with van der Waals surface area (Å²) in [6.07, 6.45) is 0.763. The zero-order chi connectivity index (χ0) is 9.47. The van der Waals surface area contributed by atoms with Crippen molar-refractivity contribution in [2.45, 2.75) is 18.9 Å².